The number of nitrogens with one attached hydrogen (secondary N) is 1. The monoisotopic (exact) mass is 412 g/mol. The SMILES string of the molecule is O=C(NC1CCN(C(=O)/C=C/c2ccccc2Br)CC1)c1ccccc1. The third-order valence-electron chi connectivity index (χ3n) is 4.49. The number of likely N-dealkylation sites (tertiary alicyclic amines) is 1. The zero-order valence-electron chi connectivity index (χ0n) is 14.4. The summed E-state index contributed by atoms with van der Waals surface area (Å²) in [6.45, 7) is 1.30. The van der Waals surface area contributed by atoms with Crippen LogP contribution in [0.15, 0.2) is 65.1 Å². The van der Waals surface area contributed by atoms with Crippen LogP contribution in [-0.4, -0.2) is 35.8 Å². The highest BCUT2D eigenvalue weighted by Gasteiger charge is 2.23. The summed E-state index contributed by atoms with van der Waals surface area (Å²) in [4.78, 5) is 26.4. The number of piperidine rings is 1. The van der Waals surface area contributed by atoms with Gasteiger partial charge in [-0.2, -0.15) is 0 Å². The fraction of sp³-hybridized carbons (Fsp3) is 0.238. The Kier molecular flexibility index (Phi) is 6.23. The fourth-order valence-electron chi connectivity index (χ4n) is 2.98. The van der Waals surface area contributed by atoms with Crippen LogP contribution in [0.5, 0.6) is 0 Å². The summed E-state index contributed by atoms with van der Waals surface area (Å²) in [5, 5.41) is 3.06. The minimum atomic E-state index is -0.0517. The Morgan fingerprint density at radius 3 is 2.35 bits per heavy atom. The lowest BCUT2D eigenvalue weighted by Gasteiger charge is -2.31. The van der Waals surface area contributed by atoms with Crippen LogP contribution < -0.4 is 5.32 Å². The van der Waals surface area contributed by atoms with Crippen LogP contribution in [0.1, 0.15) is 28.8 Å². The molecule has 0 bridgehead atoms. The molecular formula is C21H21BrN2O2. The van der Waals surface area contributed by atoms with Crippen LogP contribution in [0.3, 0.4) is 0 Å². The first-order valence-electron chi connectivity index (χ1n) is 8.71. The third-order valence-corrected chi connectivity index (χ3v) is 5.21. The highest BCUT2D eigenvalue weighted by Crippen LogP contribution is 2.18. The molecule has 1 fully saturated rings. The molecule has 0 saturated carbocycles. The molecule has 1 heterocycles. The molecule has 5 heteroatoms. The molecular weight excluding hydrogens is 392 g/mol. The lowest BCUT2D eigenvalue weighted by molar-refractivity contribution is -0.126. The van der Waals surface area contributed by atoms with Crippen molar-refractivity contribution in [1.82, 2.24) is 10.2 Å². The van der Waals surface area contributed by atoms with Gasteiger partial charge >= 0.3 is 0 Å². The fourth-order valence-corrected chi connectivity index (χ4v) is 3.40. The molecule has 1 aliphatic heterocycles. The number of halogens is 1. The number of amides is 2. The Hall–Kier alpha value is -2.40. The molecule has 0 atom stereocenters. The van der Waals surface area contributed by atoms with E-state index in [1.165, 1.54) is 0 Å². The van der Waals surface area contributed by atoms with Gasteiger partial charge in [-0.25, -0.2) is 0 Å². The van der Waals surface area contributed by atoms with Gasteiger partial charge in [0, 0.05) is 35.2 Å². The van der Waals surface area contributed by atoms with Crippen LogP contribution in [0.4, 0.5) is 0 Å². The van der Waals surface area contributed by atoms with E-state index >= 15 is 0 Å². The third kappa shape index (κ3) is 4.82. The second-order valence-electron chi connectivity index (χ2n) is 6.29. The molecule has 0 radical (unpaired) electrons. The first-order chi connectivity index (χ1) is 12.6. The molecule has 26 heavy (non-hydrogen) atoms. The minimum absolute atomic E-state index is 0.00795. The van der Waals surface area contributed by atoms with Crippen molar-refractivity contribution in [3.8, 4) is 0 Å². The second kappa shape index (κ2) is 8.81. The summed E-state index contributed by atoms with van der Waals surface area (Å²) in [7, 11) is 0. The first-order valence-corrected chi connectivity index (χ1v) is 9.50. The predicted octanol–water partition coefficient (Wildman–Crippen LogP) is 3.88. The van der Waals surface area contributed by atoms with Gasteiger partial charge in [0.05, 0.1) is 0 Å². The zero-order valence-corrected chi connectivity index (χ0v) is 16.0. The summed E-state index contributed by atoms with van der Waals surface area (Å²) >= 11 is 3.48. The number of carbonyl (C=O) groups is 2. The van der Waals surface area contributed by atoms with E-state index in [0.29, 0.717) is 18.7 Å². The summed E-state index contributed by atoms with van der Waals surface area (Å²) < 4.78 is 0.964. The second-order valence-corrected chi connectivity index (χ2v) is 7.15. The van der Waals surface area contributed by atoms with Crippen molar-refractivity contribution in [2.24, 2.45) is 0 Å². The van der Waals surface area contributed by atoms with Crippen molar-refractivity contribution < 1.29 is 9.59 Å². The average Bonchev–Trinajstić information content (AvgIpc) is 2.68. The first kappa shape index (κ1) is 18.4. The smallest absolute Gasteiger partial charge is 0.251 e. The van der Waals surface area contributed by atoms with Crippen LogP contribution in [0.2, 0.25) is 0 Å². The Balaban J connectivity index is 1.49. The number of carbonyl (C=O) groups excluding carboxylic acids is 2. The van der Waals surface area contributed by atoms with Gasteiger partial charge < -0.3 is 10.2 Å². The molecule has 4 nitrogen and oxygen atoms in total. The van der Waals surface area contributed by atoms with Crippen molar-refractivity contribution in [3.05, 3.63) is 76.3 Å². The number of hydrogen-bond acceptors (Lipinski definition) is 2. The molecule has 0 unspecified atom stereocenters. The van der Waals surface area contributed by atoms with E-state index in [1.807, 2.05) is 53.4 Å². The summed E-state index contributed by atoms with van der Waals surface area (Å²) in [5.41, 5.74) is 1.65. The number of hydrogen-bond donors (Lipinski definition) is 1. The Bertz CT molecular complexity index is 797. The Labute approximate surface area is 162 Å². The summed E-state index contributed by atoms with van der Waals surface area (Å²) in [6.07, 6.45) is 4.99. The standard InChI is InChI=1S/C21H21BrN2O2/c22-19-9-5-4-6-16(19)10-11-20(25)24-14-12-18(13-15-24)23-21(26)17-7-2-1-3-8-17/h1-11,18H,12-15H2,(H,23,26)/b11-10+. The maximum absolute atomic E-state index is 12.4. The molecule has 3 rings (SSSR count). The quantitative estimate of drug-likeness (QED) is 0.774. The van der Waals surface area contributed by atoms with E-state index in [0.717, 1.165) is 22.9 Å². The van der Waals surface area contributed by atoms with E-state index in [4.69, 9.17) is 0 Å². The van der Waals surface area contributed by atoms with Crippen LogP contribution in [-0.2, 0) is 4.79 Å². The lowest BCUT2D eigenvalue weighted by Crippen LogP contribution is -2.46. The summed E-state index contributed by atoms with van der Waals surface area (Å²) in [6, 6.07) is 17.1. The molecule has 2 aromatic carbocycles. The lowest BCUT2D eigenvalue weighted by atomic mass is 10.0. The van der Waals surface area contributed by atoms with Gasteiger partial charge in [0.25, 0.3) is 5.91 Å². The molecule has 0 aliphatic carbocycles. The highest BCUT2D eigenvalue weighted by molar-refractivity contribution is 9.10. The maximum atomic E-state index is 12.4. The number of benzene rings is 2. The van der Waals surface area contributed by atoms with Crippen molar-refractivity contribution in [3.63, 3.8) is 0 Å². The van der Waals surface area contributed by atoms with E-state index < -0.39 is 0 Å². The topological polar surface area (TPSA) is 49.4 Å². The van der Waals surface area contributed by atoms with Crippen molar-refractivity contribution in [2.45, 2.75) is 18.9 Å². The molecule has 1 saturated heterocycles. The molecule has 2 amide bonds. The summed E-state index contributed by atoms with van der Waals surface area (Å²) in [5.74, 6) is -0.0437. The van der Waals surface area contributed by atoms with Crippen molar-refractivity contribution >= 4 is 33.8 Å². The minimum Gasteiger partial charge on any atom is -0.349 e. The Morgan fingerprint density at radius 2 is 1.65 bits per heavy atom. The largest absolute Gasteiger partial charge is 0.349 e. The van der Waals surface area contributed by atoms with E-state index in [9.17, 15) is 9.59 Å². The molecule has 0 spiro atoms. The van der Waals surface area contributed by atoms with Gasteiger partial charge in [-0.1, -0.05) is 52.3 Å². The normalized spacial score (nSPS) is 15.2. The van der Waals surface area contributed by atoms with Gasteiger partial charge in [0.15, 0.2) is 0 Å². The highest BCUT2D eigenvalue weighted by atomic mass is 79.9. The van der Waals surface area contributed by atoms with Crippen LogP contribution in [0.25, 0.3) is 6.08 Å². The predicted molar refractivity (Wildman–Crippen MR) is 107 cm³/mol. The molecule has 1 N–H and O–H groups in total. The number of rotatable bonds is 4. The molecule has 134 valence electrons. The van der Waals surface area contributed by atoms with Gasteiger partial charge in [-0.3, -0.25) is 9.59 Å². The van der Waals surface area contributed by atoms with Gasteiger partial charge in [-0.15, -0.1) is 0 Å². The molecule has 0 aromatic heterocycles. The van der Waals surface area contributed by atoms with Crippen molar-refractivity contribution in [1.29, 1.82) is 0 Å². The Morgan fingerprint density at radius 1 is 1.00 bits per heavy atom. The maximum Gasteiger partial charge on any atom is 0.251 e. The average molecular weight is 413 g/mol. The van der Waals surface area contributed by atoms with Crippen LogP contribution >= 0.6 is 15.9 Å². The zero-order chi connectivity index (χ0) is 18.4. The molecule has 1 aliphatic rings. The van der Waals surface area contributed by atoms with Crippen molar-refractivity contribution in [2.75, 3.05) is 13.1 Å². The van der Waals surface area contributed by atoms with Gasteiger partial charge in [-0.05, 0) is 42.7 Å². The van der Waals surface area contributed by atoms with E-state index in [1.54, 1.807) is 18.2 Å². The van der Waals surface area contributed by atoms with Gasteiger partial charge in [0.2, 0.25) is 5.91 Å². The number of nitrogens with zero attached hydrogens (tertiary/aromatic N) is 1. The van der Waals surface area contributed by atoms with E-state index in [2.05, 4.69) is 21.2 Å². The van der Waals surface area contributed by atoms with Gasteiger partial charge in [0.1, 0.15) is 0 Å². The van der Waals surface area contributed by atoms with Crippen LogP contribution in [0, 0.1) is 0 Å². The van der Waals surface area contributed by atoms with E-state index in [-0.39, 0.29) is 17.9 Å². The molecule has 2 aromatic rings.